The lowest BCUT2D eigenvalue weighted by Crippen LogP contribution is -1.83. The molecule has 5 heterocycles. The molecule has 0 fully saturated rings. The third-order valence-electron chi connectivity index (χ3n) is 5.89. The van der Waals surface area contributed by atoms with Gasteiger partial charge in [-0.05, 0) is 95.9 Å². The molecule has 0 saturated carbocycles. The summed E-state index contributed by atoms with van der Waals surface area (Å²) in [7, 11) is 0. The fourth-order valence-corrected chi connectivity index (χ4v) is 10.6. The maximum absolute atomic E-state index is 12.0. The summed E-state index contributed by atoms with van der Waals surface area (Å²) in [6.07, 6.45) is 0. The number of rotatable bonds is 3. The minimum Gasteiger partial charge on any atom is -0.294 e. The second-order valence-electron chi connectivity index (χ2n) is 7.96. The minimum atomic E-state index is 0.151. The molecule has 0 radical (unpaired) electrons. The standard InChI is InChI=1S/C25H17BrOS5/c1-10-14-7-19(17-5-6-21(26)29-17)31-22(14)11(2)15-8-20(32-23(10)15)25-16-9-18(12(3)27)30-24(16)13(4)28-25/h5-9H,1-4H3. The first-order valence-electron chi connectivity index (χ1n) is 10.1. The highest BCUT2D eigenvalue weighted by Gasteiger charge is 2.20. The summed E-state index contributed by atoms with van der Waals surface area (Å²) in [5.41, 5.74) is 2.74. The third-order valence-corrected chi connectivity index (χ3v) is 13.0. The zero-order chi connectivity index (χ0) is 22.3. The highest BCUT2D eigenvalue weighted by Crippen LogP contribution is 2.50. The number of ketones is 1. The number of thiophene rings is 5. The molecule has 0 saturated heterocycles. The Morgan fingerprint density at radius 1 is 0.719 bits per heavy atom. The lowest BCUT2D eigenvalue weighted by molar-refractivity contribution is 0.102. The van der Waals surface area contributed by atoms with Gasteiger partial charge in [0.15, 0.2) is 5.78 Å². The van der Waals surface area contributed by atoms with E-state index in [1.165, 1.54) is 69.6 Å². The van der Waals surface area contributed by atoms with E-state index in [1.54, 1.807) is 29.6 Å². The highest BCUT2D eigenvalue weighted by atomic mass is 79.9. The Morgan fingerprint density at radius 2 is 1.38 bits per heavy atom. The Morgan fingerprint density at radius 3 is 2.00 bits per heavy atom. The van der Waals surface area contributed by atoms with Crippen LogP contribution in [-0.2, 0) is 0 Å². The van der Waals surface area contributed by atoms with Crippen molar-refractivity contribution in [2.75, 3.05) is 0 Å². The van der Waals surface area contributed by atoms with Crippen molar-refractivity contribution in [3.05, 3.63) is 55.0 Å². The molecule has 0 aliphatic carbocycles. The largest absolute Gasteiger partial charge is 0.294 e. The van der Waals surface area contributed by atoms with Crippen molar-refractivity contribution in [1.82, 2.24) is 0 Å². The average molecular weight is 574 g/mol. The third kappa shape index (κ3) is 3.13. The van der Waals surface area contributed by atoms with Gasteiger partial charge in [-0.1, -0.05) is 0 Å². The van der Waals surface area contributed by atoms with Crippen LogP contribution in [0.5, 0.6) is 0 Å². The molecule has 0 spiro atoms. The zero-order valence-corrected chi connectivity index (χ0v) is 23.4. The molecule has 6 rings (SSSR count). The number of halogens is 1. The molecule has 6 aromatic rings. The van der Waals surface area contributed by atoms with Gasteiger partial charge in [-0.2, -0.15) is 0 Å². The lowest BCUT2D eigenvalue weighted by Gasteiger charge is -2.03. The van der Waals surface area contributed by atoms with Crippen LogP contribution in [0.15, 0.2) is 34.1 Å². The number of carbonyl (C=O) groups is 1. The fourth-order valence-electron chi connectivity index (χ4n) is 4.25. The van der Waals surface area contributed by atoms with Gasteiger partial charge in [-0.3, -0.25) is 4.79 Å². The van der Waals surface area contributed by atoms with Gasteiger partial charge in [0.1, 0.15) is 0 Å². The maximum Gasteiger partial charge on any atom is 0.169 e. The number of aryl methyl sites for hydroxylation is 3. The fraction of sp³-hybridized carbons (Fsp3) is 0.160. The van der Waals surface area contributed by atoms with Crippen molar-refractivity contribution >= 4 is 109 Å². The first-order valence-corrected chi connectivity index (χ1v) is 15.0. The number of Topliss-reactive ketones (excluding diaryl/α,β-unsaturated/α-hetero) is 1. The van der Waals surface area contributed by atoms with Crippen molar-refractivity contribution in [3.8, 4) is 19.5 Å². The summed E-state index contributed by atoms with van der Waals surface area (Å²) in [4.78, 5) is 19.4. The van der Waals surface area contributed by atoms with Crippen LogP contribution in [0.3, 0.4) is 0 Å². The van der Waals surface area contributed by atoms with Crippen molar-refractivity contribution in [2.45, 2.75) is 27.7 Å². The second-order valence-corrected chi connectivity index (χ2v) is 14.8. The molecule has 32 heavy (non-hydrogen) atoms. The number of hydrogen-bond acceptors (Lipinski definition) is 6. The summed E-state index contributed by atoms with van der Waals surface area (Å²) in [5.74, 6) is 0.151. The van der Waals surface area contributed by atoms with E-state index in [0.29, 0.717) is 0 Å². The van der Waals surface area contributed by atoms with Crippen molar-refractivity contribution in [2.24, 2.45) is 0 Å². The van der Waals surface area contributed by atoms with Crippen molar-refractivity contribution in [1.29, 1.82) is 0 Å². The van der Waals surface area contributed by atoms with Crippen LogP contribution in [0, 0.1) is 20.8 Å². The summed E-state index contributed by atoms with van der Waals surface area (Å²) >= 11 is 12.7. The van der Waals surface area contributed by atoms with Gasteiger partial charge in [-0.15, -0.1) is 56.7 Å². The SMILES string of the molecule is CC(=O)c1cc2c(-c3cc4c(C)c5sc(-c6ccc(Br)s6)cc5c(C)c4s3)sc(C)c2s1. The van der Waals surface area contributed by atoms with Crippen molar-refractivity contribution < 1.29 is 4.79 Å². The number of fused-ring (bicyclic) bond motifs is 3. The molecule has 160 valence electrons. The van der Waals surface area contributed by atoms with Gasteiger partial charge in [0.2, 0.25) is 0 Å². The van der Waals surface area contributed by atoms with Gasteiger partial charge in [0, 0.05) is 39.0 Å². The van der Waals surface area contributed by atoms with Crippen LogP contribution in [0.4, 0.5) is 0 Å². The molecule has 0 bridgehead atoms. The Hall–Kier alpha value is -1.35. The van der Waals surface area contributed by atoms with Crippen LogP contribution in [-0.4, -0.2) is 5.78 Å². The van der Waals surface area contributed by atoms with Gasteiger partial charge < -0.3 is 0 Å². The van der Waals surface area contributed by atoms with Crippen LogP contribution in [0.2, 0.25) is 0 Å². The molecule has 0 aliphatic heterocycles. The Kier molecular flexibility index (Phi) is 5.02. The normalized spacial score (nSPS) is 12.0. The summed E-state index contributed by atoms with van der Waals surface area (Å²) in [6.45, 7) is 8.35. The van der Waals surface area contributed by atoms with E-state index in [2.05, 4.69) is 67.0 Å². The van der Waals surface area contributed by atoms with Crippen LogP contribution in [0.25, 0.3) is 49.8 Å². The minimum absolute atomic E-state index is 0.151. The van der Waals surface area contributed by atoms with E-state index in [-0.39, 0.29) is 5.78 Å². The molecule has 0 unspecified atom stereocenters. The molecule has 0 N–H and O–H groups in total. The summed E-state index contributed by atoms with van der Waals surface area (Å²) < 4.78 is 5.19. The summed E-state index contributed by atoms with van der Waals surface area (Å²) in [6, 6.07) is 11.2. The Bertz CT molecular complexity index is 1640. The molecule has 1 aromatic carbocycles. The lowest BCUT2D eigenvalue weighted by atomic mass is 10.0. The Balaban J connectivity index is 1.57. The predicted molar refractivity (Wildman–Crippen MR) is 151 cm³/mol. The first-order chi connectivity index (χ1) is 15.3. The summed E-state index contributed by atoms with van der Waals surface area (Å²) in [5, 5.41) is 3.96. The topological polar surface area (TPSA) is 17.1 Å². The van der Waals surface area contributed by atoms with Crippen molar-refractivity contribution in [3.63, 3.8) is 0 Å². The number of benzene rings is 1. The average Bonchev–Trinajstić information content (AvgIpc) is 3.54. The molecule has 0 aliphatic rings. The van der Waals surface area contributed by atoms with E-state index in [4.69, 9.17) is 0 Å². The first kappa shape index (κ1) is 21.2. The van der Waals surface area contributed by atoms with E-state index < -0.39 is 0 Å². The second kappa shape index (κ2) is 7.58. The Labute approximate surface area is 214 Å². The van der Waals surface area contributed by atoms with Crippen LogP contribution >= 0.6 is 72.6 Å². The van der Waals surface area contributed by atoms with Gasteiger partial charge in [-0.25, -0.2) is 0 Å². The molecule has 5 aromatic heterocycles. The van der Waals surface area contributed by atoms with Crippen LogP contribution < -0.4 is 0 Å². The highest BCUT2D eigenvalue weighted by molar-refractivity contribution is 9.11. The smallest absolute Gasteiger partial charge is 0.169 e. The number of carbonyl (C=O) groups excluding carboxylic acids is 1. The molecule has 0 atom stereocenters. The quantitative estimate of drug-likeness (QED) is 0.193. The monoisotopic (exact) mass is 572 g/mol. The van der Waals surface area contributed by atoms with E-state index in [9.17, 15) is 4.79 Å². The van der Waals surface area contributed by atoms with E-state index in [0.717, 1.165) is 4.88 Å². The molecule has 1 nitrogen and oxygen atoms in total. The molecular formula is C25H17BrOS5. The number of hydrogen-bond donors (Lipinski definition) is 0. The molecule has 0 amide bonds. The maximum atomic E-state index is 12.0. The van der Waals surface area contributed by atoms with Gasteiger partial charge in [0.25, 0.3) is 0 Å². The van der Waals surface area contributed by atoms with Gasteiger partial charge >= 0.3 is 0 Å². The molecule has 7 heteroatoms. The van der Waals surface area contributed by atoms with E-state index >= 15 is 0 Å². The van der Waals surface area contributed by atoms with Crippen LogP contribution in [0.1, 0.15) is 32.6 Å². The van der Waals surface area contributed by atoms with Gasteiger partial charge in [0.05, 0.1) is 13.5 Å². The predicted octanol–water partition coefficient (Wildman–Crippen LogP) is 10.7. The zero-order valence-electron chi connectivity index (χ0n) is 17.7. The molecular weight excluding hydrogens is 557 g/mol. The van der Waals surface area contributed by atoms with E-state index in [1.807, 2.05) is 34.0 Å².